The van der Waals surface area contributed by atoms with Gasteiger partial charge in [-0.2, -0.15) is 0 Å². The number of nitrogens with zero attached hydrogens (tertiary/aromatic N) is 2. The average molecular weight is 295 g/mol. The second kappa shape index (κ2) is 6.85. The third-order valence-corrected chi connectivity index (χ3v) is 3.66. The highest BCUT2D eigenvalue weighted by Crippen LogP contribution is 2.30. The molecule has 5 nitrogen and oxygen atoms in total. The van der Waals surface area contributed by atoms with Gasteiger partial charge in [0.1, 0.15) is 11.5 Å². The molecule has 1 fully saturated rings. The van der Waals surface area contributed by atoms with E-state index in [9.17, 15) is 14.5 Å². The van der Waals surface area contributed by atoms with Crippen LogP contribution in [-0.2, 0) is 0 Å². The lowest BCUT2D eigenvalue weighted by Crippen LogP contribution is -2.39. The van der Waals surface area contributed by atoms with E-state index < -0.39 is 10.7 Å². The summed E-state index contributed by atoms with van der Waals surface area (Å²) in [6, 6.07) is 4.15. The van der Waals surface area contributed by atoms with E-state index in [1.54, 1.807) is 0 Å². The van der Waals surface area contributed by atoms with Gasteiger partial charge in [-0.1, -0.05) is 13.8 Å². The highest BCUT2D eigenvalue weighted by Gasteiger charge is 2.24. The van der Waals surface area contributed by atoms with Gasteiger partial charge in [0.15, 0.2) is 0 Å². The third kappa shape index (κ3) is 4.14. The van der Waals surface area contributed by atoms with Crippen molar-refractivity contribution < 1.29 is 9.31 Å². The van der Waals surface area contributed by atoms with Gasteiger partial charge < -0.3 is 10.2 Å². The number of anilines is 1. The molecule has 1 N–H and O–H groups in total. The maximum Gasteiger partial charge on any atom is 0.295 e. The molecule has 1 aromatic rings. The zero-order valence-electron chi connectivity index (χ0n) is 12.5. The number of hydrogen-bond acceptors (Lipinski definition) is 4. The first-order valence-corrected chi connectivity index (χ1v) is 7.39. The van der Waals surface area contributed by atoms with Crippen LogP contribution in [0.3, 0.4) is 0 Å². The number of nitro groups is 1. The zero-order valence-corrected chi connectivity index (χ0v) is 12.5. The summed E-state index contributed by atoms with van der Waals surface area (Å²) in [6.07, 6.45) is 2.20. The highest BCUT2D eigenvalue weighted by atomic mass is 19.1. The van der Waals surface area contributed by atoms with E-state index in [0.29, 0.717) is 30.7 Å². The second-order valence-electron chi connectivity index (χ2n) is 5.98. The monoisotopic (exact) mass is 295 g/mol. The van der Waals surface area contributed by atoms with Gasteiger partial charge in [-0.25, -0.2) is 4.39 Å². The van der Waals surface area contributed by atoms with Gasteiger partial charge in [0.05, 0.1) is 11.0 Å². The normalized spacial score (nSPS) is 18.2. The van der Waals surface area contributed by atoms with Crippen molar-refractivity contribution in [1.82, 2.24) is 5.32 Å². The Balaban J connectivity index is 2.28. The smallest absolute Gasteiger partial charge is 0.295 e. The van der Waals surface area contributed by atoms with E-state index in [1.165, 1.54) is 12.1 Å². The van der Waals surface area contributed by atoms with Gasteiger partial charge in [0.2, 0.25) is 0 Å². The molecule has 0 radical (unpaired) electrons. The van der Waals surface area contributed by atoms with Gasteiger partial charge in [0.25, 0.3) is 5.69 Å². The van der Waals surface area contributed by atoms with Crippen molar-refractivity contribution in [3.8, 4) is 0 Å². The molecule has 1 atom stereocenters. The fourth-order valence-corrected chi connectivity index (χ4v) is 2.80. The first-order chi connectivity index (χ1) is 9.97. The lowest BCUT2D eigenvalue weighted by Gasteiger charge is -2.29. The number of halogens is 1. The third-order valence-electron chi connectivity index (χ3n) is 3.66. The Labute approximate surface area is 124 Å². The molecule has 1 heterocycles. The van der Waals surface area contributed by atoms with Crippen LogP contribution < -0.4 is 10.2 Å². The summed E-state index contributed by atoms with van der Waals surface area (Å²) < 4.78 is 13.3. The molecular formula is C15H22FN3O2. The molecule has 0 aliphatic carbocycles. The molecule has 116 valence electrons. The van der Waals surface area contributed by atoms with E-state index in [-0.39, 0.29) is 5.69 Å². The van der Waals surface area contributed by atoms with E-state index >= 15 is 0 Å². The number of nitro benzene ring substituents is 1. The van der Waals surface area contributed by atoms with Gasteiger partial charge in [0, 0.05) is 19.1 Å². The molecule has 1 aliphatic heterocycles. The maximum absolute atomic E-state index is 13.3. The Morgan fingerprint density at radius 1 is 1.52 bits per heavy atom. The van der Waals surface area contributed by atoms with Crippen molar-refractivity contribution in [2.75, 3.05) is 24.5 Å². The molecule has 0 spiro atoms. The first kappa shape index (κ1) is 15.7. The van der Waals surface area contributed by atoms with Gasteiger partial charge >= 0.3 is 0 Å². The summed E-state index contributed by atoms with van der Waals surface area (Å²) in [6.45, 7) is 6.57. The van der Waals surface area contributed by atoms with Crippen LogP contribution in [0.5, 0.6) is 0 Å². The van der Waals surface area contributed by atoms with Crippen molar-refractivity contribution >= 4 is 11.4 Å². The molecule has 2 rings (SSSR count). The Hall–Kier alpha value is -1.69. The maximum atomic E-state index is 13.3. The summed E-state index contributed by atoms with van der Waals surface area (Å²) in [4.78, 5) is 12.7. The van der Waals surface area contributed by atoms with Crippen LogP contribution in [0.1, 0.15) is 26.7 Å². The standard InChI is InChI=1S/C15H22FN3O2/c1-11(2)9-18(10-13-4-3-7-17-13)14-6-5-12(16)8-15(14)19(20)21/h5-6,8,11,13,17H,3-4,7,9-10H2,1-2H3. The van der Waals surface area contributed by atoms with Crippen molar-refractivity contribution in [1.29, 1.82) is 0 Å². The van der Waals surface area contributed by atoms with Crippen molar-refractivity contribution in [3.05, 3.63) is 34.1 Å². The predicted molar refractivity (Wildman–Crippen MR) is 81.1 cm³/mol. The van der Waals surface area contributed by atoms with Crippen LogP contribution in [0.2, 0.25) is 0 Å². The molecule has 0 aromatic heterocycles. The minimum atomic E-state index is -0.575. The van der Waals surface area contributed by atoms with Crippen LogP contribution in [0.15, 0.2) is 18.2 Å². The van der Waals surface area contributed by atoms with E-state index in [2.05, 4.69) is 19.2 Å². The lowest BCUT2D eigenvalue weighted by molar-refractivity contribution is -0.384. The van der Waals surface area contributed by atoms with Gasteiger partial charge in [-0.3, -0.25) is 10.1 Å². The molecule has 1 aromatic carbocycles. The van der Waals surface area contributed by atoms with Crippen LogP contribution in [0.25, 0.3) is 0 Å². The molecule has 0 amide bonds. The Morgan fingerprint density at radius 2 is 2.29 bits per heavy atom. The van der Waals surface area contributed by atoms with Crippen LogP contribution in [-0.4, -0.2) is 30.6 Å². The Morgan fingerprint density at radius 3 is 2.86 bits per heavy atom. The molecule has 21 heavy (non-hydrogen) atoms. The number of hydrogen-bond donors (Lipinski definition) is 1. The fourth-order valence-electron chi connectivity index (χ4n) is 2.80. The van der Waals surface area contributed by atoms with Crippen molar-refractivity contribution in [2.24, 2.45) is 5.92 Å². The van der Waals surface area contributed by atoms with E-state index in [0.717, 1.165) is 25.5 Å². The number of benzene rings is 1. The van der Waals surface area contributed by atoms with Crippen molar-refractivity contribution in [2.45, 2.75) is 32.7 Å². The minimum Gasteiger partial charge on any atom is -0.364 e. The average Bonchev–Trinajstić information content (AvgIpc) is 2.90. The van der Waals surface area contributed by atoms with Crippen LogP contribution >= 0.6 is 0 Å². The summed E-state index contributed by atoms with van der Waals surface area (Å²) in [7, 11) is 0. The molecule has 1 unspecified atom stereocenters. The van der Waals surface area contributed by atoms with E-state index in [4.69, 9.17) is 0 Å². The van der Waals surface area contributed by atoms with Gasteiger partial charge in [-0.05, 0) is 37.4 Å². The summed E-state index contributed by atoms with van der Waals surface area (Å²) in [5.74, 6) is -0.204. The van der Waals surface area contributed by atoms with Gasteiger partial charge in [-0.15, -0.1) is 0 Å². The quantitative estimate of drug-likeness (QED) is 0.647. The highest BCUT2D eigenvalue weighted by molar-refractivity contribution is 5.63. The molecule has 1 saturated heterocycles. The molecule has 0 bridgehead atoms. The summed E-state index contributed by atoms with van der Waals surface area (Å²) in [5.41, 5.74) is 0.345. The summed E-state index contributed by atoms with van der Waals surface area (Å²) >= 11 is 0. The Bertz CT molecular complexity index is 502. The van der Waals surface area contributed by atoms with E-state index in [1.807, 2.05) is 4.90 Å². The largest absolute Gasteiger partial charge is 0.364 e. The number of rotatable bonds is 6. The SMILES string of the molecule is CC(C)CN(CC1CCCN1)c1ccc(F)cc1[N+](=O)[O-]. The summed E-state index contributed by atoms with van der Waals surface area (Å²) in [5, 5.41) is 14.6. The zero-order chi connectivity index (χ0) is 15.4. The lowest BCUT2D eigenvalue weighted by atomic mass is 10.1. The number of nitrogens with one attached hydrogen (secondary N) is 1. The predicted octanol–water partition coefficient (Wildman–Crippen LogP) is 2.95. The first-order valence-electron chi connectivity index (χ1n) is 7.39. The Kier molecular flexibility index (Phi) is 5.12. The molecule has 6 heteroatoms. The topological polar surface area (TPSA) is 58.4 Å². The molecule has 0 saturated carbocycles. The van der Waals surface area contributed by atoms with Crippen LogP contribution in [0.4, 0.5) is 15.8 Å². The van der Waals surface area contributed by atoms with Crippen LogP contribution in [0, 0.1) is 21.8 Å². The second-order valence-corrected chi connectivity index (χ2v) is 5.98. The minimum absolute atomic E-state index is 0.159. The van der Waals surface area contributed by atoms with Crippen molar-refractivity contribution in [3.63, 3.8) is 0 Å². The molecule has 1 aliphatic rings. The fraction of sp³-hybridized carbons (Fsp3) is 0.600. The molecular weight excluding hydrogens is 273 g/mol.